The second kappa shape index (κ2) is 22.5. The van der Waals surface area contributed by atoms with Crippen LogP contribution >= 0.6 is 11.6 Å². The molecule has 3 N–H and O–H groups in total. The smallest absolute Gasteiger partial charge is 0.271 e. The topological polar surface area (TPSA) is 185 Å². The number of ether oxygens (including phenoxy) is 2. The zero-order valence-corrected chi connectivity index (χ0v) is 43.5. The van der Waals surface area contributed by atoms with Crippen LogP contribution in [0, 0.1) is 28.1 Å². The Kier molecular flexibility index (Phi) is 16.0. The van der Waals surface area contributed by atoms with Crippen LogP contribution < -0.4 is 29.9 Å². The van der Waals surface area contributed by atoms with Gasteiger partial charge in [0.25, 0.3) is 5.91 Å². The Hall–Kier alpha value is -5.80. The lowest BCUT2D eigenvalue weighted by atomic mass is 9.49. The van der Waals surface area contributed by atoms with Crippen molar-refractivity contribution >= 4 is 40.6 Å². The van der Waals surface area contributed by atoms with E-state index in [9.17, 15) is 15.2 Å². The van der Waals surface area contributed by atoms with Crippen molar-refractivity contribution in [3.05, 3.63) is 88.6 Å². The van der Waals surface area contributed by atoms with Gasteiger partial charge in [0.05, 0.1) is 35.8 Å². The summed E-state index contributed by atoms with van der Waals surface area (Å²) in [6, 6.07) is 13.4. The number of nitriles is 1. The fourth-order valence-electron chi connectivity index (χ4n) is 11.8. The number of aromatic nitrogens is 6. The van der Waals surface area contributed by atoms with E-state index in [-0.39, 0.29) is 41.5 Å². The first-order valence-corrected chi connectivity index (χ1v) is 26.5. The normalized spacial score (nSPS) is 21.5. The third-order valence-electron chi connectivity index (χ3n) is 15.7. The largest absolute Gasteiger partial charge is 0.489 e. The number of pyridine rings is 1. The molecule has 4 fully saturated rings. The molecule has 1 aliphatic carbocycles. The summed E-state index contributed by atoms with van der Waals surface area (Å²) in [4.78, 5) is 42.2. The molecular formula is C54H72ClN13O4. The molecule has 4 aliphatic rings. The molecule has 0 radical (unpaired) electrons. The number of carbonyl (C=O) groups is 1. The van der Waals surface area contributed by atoms with Gasteiger partial charge in [-0.15, -0.1) is 0 Å². The molecule has 0 unspecified atom stereocenters. The number of piperazine rings is 1. The first-order chi connectivity index (χ1) is 34.8. The van der Waals surface area contributed by atoms with Gasteiger partial charge in [0.15, 0.2) is 5.65 Å². The number of anilines is 3. The Bertz CT molecular complexity index is 2640. The van der Waals surface area contributed by atoms with Crippen molar-refractivity contribution < 1.29 is 19.4 Å². The van der Waals surface area contributed by atoms with E-state index in [0.717, 1.165) is 138 Å². The fraction of sp³-hybridized carbons (Fsp3) is 0.574. The SMILES string of the molecule is CCc1cnn2c(NCc3ccc(OCCCN4CCN(CC5CCN(c6cnc(C(=O)N[C@H]7C(C)(C)[C@H](Oc8ccc(C#N)c(Cl)c8)C7(C)C)cn6)CC5)CC4)nc3)cc(N3CCCC[C@@H]3CCO)nc12. The predicted octanol–water partition coefficient (Wildman–Crippen LogP) is 7.27. The van der Waals surface area contributed by atoms with Crippen LogP contribution in [0.4, 0.5) is 17.5 Å². The van der Waals surface area contributed by atoms with Gasteiger partial charge in [0.2, 0.25) is 5.88 Å². The van der Waals surface area contributed by atoms with Gasteiger partial charge in [-0.3, -0.25) is 4.79 Å². The lowest BCUT2D eigenvalue weighted by Gasteiger charge is -2.63. The standard InChI is InChI=1S/C54H72ClN13O4/c1-6-39-33-61-68-45(29-46(62-49(39)68)67-19-8-7-10-41(67)17-26-69)58-31-38-11-14-48(60-32-38)71-27-9-18-64-22-24-65(25-23-64)36-37-15-20-66(21-16-37)47-35-57-44(34-59-47)50(70)63-51-53(2,3)52(54(51,4)5)72-42-13-12-40(30-56)43(55)28-42/h11-14,28-29,32-35,37,41,51-52,58,69H,6-10,15-27,31,36H2,1-5H3,(H,63,70)/t41-,51-,52-/m1/s1. The van der Waals surface area contributed by atoms with Crippen LogP contribution in [0.3, 0.4) is 0 Å². The number of nitrogens with zero attached hydrogens (tertiary/aromatic N) is 11. The summed E-state index contributed by atoms with van der Waals surface area (Å²) in [5.74, 6) is 4.26. The number of hydrogen-bond donors (Lipinski definition) is 3. The van der Waals surface area contributed by atoms with Crippen molar-refractivity contribution in [1.82, 2.24) is 44.7 Å². The van der Waals surface area contributed by atoms with Crippen LogP contribution in [-0.4, -0.2) is 141 Å². The molecular weight excluding hydrogens is 930 g/mol. The van der Waals surface area contributed by atoms with Crippen molar-refractivity contribution in [3.63, 3.8) is 0 Å². The Morgan fingerprint density at radius 2 is 1.69 bits per heavy atom. The third-order valence-corrected chi connectivity index (χ3v) is 16.0. The van der Waals surface area contributed by atoms with Crippen molar-refractivity contribution in [2.24, 2.45) is 16.7 Å². The van der Waals surface area contributed by atoms with E-state index in [1.54, 1.807) is 30.6 Å². The predicted molar refractivity (Wildman–Crippen MR) is 280 cm³/mol. The monoisotopic (exact) mass is 1000 g/mol. The first kappa shape index (κ1) is 51.1. The molecule has 1 saturated carbocycles. The lowest BCUT2D eigenvalue weighted by molar-refractivity contribution is -0.164. The highest BCUT2D eigenvalue weighted by atomic mass is 35.5. The average molecular weight is 1000 g/mol. The van der Waals surface area contributed by atoms with Crippen LogP contribution in [0.5, 0.6) is 11.6 Å². The van der Waals surface area contributed by atoms with E-state index < -0.39 is 0 Å². The van der Waals surface area contributed by atoms with Crippen molar-refractivity contribution in [2.45, 2.75) is 111 Å². The number of aliphatic hydroxyl groups is 1. The second-order valence-electron chi connectivity index (χ2n) is 21.3. The van der Waals surface area contributed by atoms with Gasteiger partial charge >= 0.3 is 0 Å². The molecule has 0 spiro atoms. The maximum absolute atomic E-state index is 13.5. The van der Waals surface area contributed by atoms with Gasteiger partial charge < -0.3 is 44.8 Å². The Morgan fingerprint density at radius 3 is 2.39 bits per heavy atom. The molecule has 1 aromatic carbocycles. The quantitative estimate of drug-likeness (QED) is 0.0701. The summed E-state index contributed by atoms with van der Waals surface area (Å²) in [5, 5.41) is 30.8. The molecule has 9 rings (SSSR count). The van der Waals surface area contributed by atoms with Gasteiger partial charge in [-0.05, 0) is 75.0 Å². The molecule has 72 heavy (non-hydrogen) atoms. The van der Waals surface area contributed by atoms with E-state index in [1.165, 1.54) is 6.42 Å². The van der Waals surface area contributed by atoms with Gasteiger partial charge in [-0.2, -0.15) is 14.9 Å². The highest BCUT2D eigenvalue weighted by Crippen LogP contribution is 2.55. The Labute approximate surface area is 429 Å². The van der Waals surface area contributed by atoms with Crippen molar-refractivity contribution in [1.29, 1.82) is 5.26 Å². The number of aryl methyl sites for hydroxylation is 1. The molecule has 384 valence electrons. The highest BCUT2D eigenvalue weighted by Gasteiger charge is 2.64. The Balaban J connectivity index is 0.658. The number of aliphatic hydroxyl groups excluding tert-OH is 1. The summed E-state index contributed by atoms with van der Waals surface area (Å²) >= 11 is 6.27. The second-order valence-corrected chi connectivity index (χ2v) is 21.7. The van der Waals surface area contributed by atoms with Crippen LogP contribution in [0.1, 0.15) is 107 Å². The van der Waals surface area contributed by atoms with Crippen molar-refractivity contribution in [2.75, 3.05) is 87.2 Å². The van der Waals surface area contributed by atoms with E-state index in [2.05, 4.69) is 103 Å². The molecule has 5 aromatic rings. The molecule has 1 atom stereocenters. The number of benzene rings is 1. The average Bonchev–Trinajstić information content (AvgIpc) is 3.82. The number of amides is 1. The number of carbonyl (C=O) groups excluding carboxylic acids is 1. The number of hydrogen-bond acceptors (Lipinski definition) is 15. The third kappa shape index (κ3) is 11.4. The minimum absolute atomic E-state index is 0.167. The fourth-order valence-corrected chi connectivity index (χ4v) is 12.0. The van der Waals surface area contributed by atoms with Crippen LogP contribution in [-0.2, 0) is 13.0 Å². The van der Waals surface area contributed by atoms with E-state index in [0.29, 0.717) is 47.0 Å². The summed E-state index contributed by atoms with van der Waals surface area (Å²) in [6.45, 7) is 21.1. The number of nitrogens with one attached hydrogen (secondary N) is 2. The van der Waals surface area contributed by atoms with Gasteiger partial charge in [-0.25, -0.2) is 19.9 Å². The van der Waals surface area contributed by atoms with Crippen LogP contribution in [0.15, 0.2) is 61.2 Å². The minimum Gasteiger partial charge on any atom is -0.489 e. The molecule has 1 amide bonds. The first-order valence-electron chi connectivity index (χ1n) is 26.1. The number of fused-ring (bicyclic) bond motifs is 1. The maximum Gasteiger partial charge on any atom is 0.271 e. The summed E-state index contributed by atoms with van der Waals surface area (Å²) < 4.78 is 14.4. The van der Waals surface area contributed by atoms with E-state index in [1.807, 2.05) is 23.0 Å². The van der Waals surface area contributed by atoms with Gasteiger partial charge in [0, 0.05) is 125 Å². The lowest BCUT2D eigenvalue weighted by Crippen LogP contribution is -2.74. The Morgan fingerprint density at radius 1 is 0.903 bits per heavy atom. The van der Waals surface area contributed by atoms with Crippen LogP contribution in [0.2, 0.25) is 5.02 Å². The number of rotatable bonds is 19. The molecule has 0 bridgehead atoms. The zero-order chi connectivity index (χ0) is 50.4. The zero-order valence-electron chi connectivity index (χ0n) is 42.7. The molecule has 3 saturated heterocycles. The maximum atomic E-state index is 13.5. The van der Waals surface area contributed by atoms with E-state index in [4.69, 9.17) is 26.1 Å². The molecule has 3 aliphatic heterocycles. The summed E-state index contributed by atoms with van der Waals surface area (Å²) in [6.07, 6.45) is 15.0. The number of piperidine rings is 2. The molecule has 4 aromatic heterocycles. The summed E-state index contributed by atoms with van der Waals surface area (Å²) in [5.41, 5.74) is 2.98. The molecule has 17 nitrogen and oxygen atoms in total. The summed E-state index contributed by atoms with van der Waals surface area (Å²) in [7, 11) is 0. The molecule has 18 heteroatoms. The van der Waals surface area contributed by atoms with Gasteiger partial charge in [0.1, 0.15) is 41.1 Å². The molecule has 7 heterocycles. The minimum atomic E-state index is -0.377. The van der Waals surface area contributed by atoms with E-state index >= 15 is 0 Å². The highest BCUT2D eigenvalue weighted by molar-refractivity contribution is 6.31. The van der Waals surface area contributed by atoms with Crippen molar-refractivity contribution in [3.8, 4) is 17.7 Å². The van der Waals surface area contributed by atoms with Gasteiger partial charge in [-0.1, -0.05) is 52.3 Å². The van der Waals surface area contributed by atoms with Crippen LogP contribution in [0.25, 0.3) is 5.65 Å². The number of halogens is 1.